The van der Waals surface area contributed by atoms with Crippen LogP contribution in [0.15, 0.2) is 12.3 Å². The molecule has 0 unspecified atom stereocenters. The van der Waals surface area contributed by atoms with E-state index in [-0.39, 0.29) is 11.9 Å². The summed E-state index contributed by atoms with van der Waals surface area (Å²) in [5.41, 5.74) is -0.396. The number of alkyl halides is 2. The Kier molecular flexibility index (Phi) is 3.26. The molecule has 1 fully saturated rings. The fourth-order valence-electron chi connectivity index (χ4n) is 2.05. The quantitative estimate of drug-likeness (QED) is 0.877. The van der Waals surface area contributed by atoms with Gasteiger partial charge in [-0.1, -0.05) is 12.8 Å². The minimum absolute atomic E-state index is 0.0740. The molecule has 2 rings (SSSR count). The van der Waals surface area contributed by atoms with Crippen LogP contribution in [-0.2, 0) is 5.92 Å². The summed E-state index contributed by atoms with van der Waals surface area (Å²) in [6, 6.07) is 1.06. The van der Waals surface area contributed by atoms with Crippen molar-refractivity contribution in [1.82, 2.24) is 4.98 Å². The molecule has 1 N–H and O–H groups in total. The number of nitrogens with zero attached hydrogens (tertiary/aromatic N) is 1. The van der Waals surface area contributed by atoms with E-state index in [0.717, 1.165) is 44.9 Å². The molecular formula is C12H15F3N2. The first kappa shape index (κ1) is 12.2. The molecule has 0 aromatic carbocycles. The second kappa shape index (κ2) is 4.55. The minimum atomic E-state index is -3.06. The van der Waals surface area contributed by atoms with Gasteiger partial charge in [0, 0.05) is 24.7 Å². The maximum atomic E-state index is 13.6. The van der Waals surface area contributed by atoms with E-state index in [0.29, 0.717) is 0 Å². The van der Waals surface area contributed by atoms with Crippen LogP contribution in [0.3, 0.4) is 0 Å². The molecule has 1 saturated carbocycles. The molecule has 1 aliphatic rings. The second-order valence-corrected chi connectivity index (χ2v) is 4.57. The van der Waals surface area contributed by atoms with E-state index < -0.39 is 17.3 Å². The first-order valence-corrected chi connectivity index (χ1v) is 5.77. The highest BCUT2D eigenvalue weighted by Gasteiger charge is 2.26. The van der Waals surface area contributed by atoms with Crippen LogP contribution in [0.5, 0.6) is 0 Å². The lowest BCUT2D eigenvalue weighted by Crippen LogP contribution is -2.17. The fourth-order valence-corrected chi connectivity index (χ4v) is 2.05. The molecule has 0 saturated heterocycles. The van der Waals surface area contributed by atoms with Gasteiger partial charge < -0.3 is 5.32 Å². The van der Waals surface area contributed by atoms with Crippen molar-refractivity contribution in [3.63, 3.8) is 0 Å². The van der Waals surface area contributed by atoms with Gasteiger partial charge in [-0.05, 0) is 18.9 Å². The average molecular weight is 244 g/mol. The van der Waals surface area contributed by atoms with E-state index in [9.17, 15) is 13.2 Å². The van der Waals surface area contributed by atoms with Crippen LogP contribution in [0.4, 0.5) is 19.0 Å². The number of hydrogen-bond acceptors (Lipinski definition) is 2. The predicted octanol–water partition coefficient (Wildman–Crippen LogP) is 3.69. The van der Waals surface area contributed by atoms with Crippen molar-refractivity contribution in [2.75, 3.05) is 5.32 Å². The van der Waals surface area contributed by atoms with Gasteiger partial charge in [0.15, 0.2) is 11.6 Å². The molecule has 1 aromatic rings. The number of aromatic nitrogens is 1. The first-order chi connectivity index (χ1) is 7.97. The maximum absolute atomic E-state index is 13.6. The Labute approximate surface area is 98.2 Å². The number of hydrogen-bond donors (Lipinski definition) is 1. The molecule has 5 heteroatoms. The maximum Gasteiger partial charge on any atom is 0.272 e. The van der Waals surface area contributed by atoms with E-state index in [1.54, 1.807) is 0 Å². The minimum Gasteiger partial charge on any atom is -0.365 e. The lowest BCUT2D eigenvalue weighted by molar-refractivity contribution is 0.0168. The van der Waals surface area contributed by atoms with Crippen molar-refractivity contribution in [3.05, 3.63) is 23.6 Å². The zero-order valence-corrected chi connectivity index (χ0v) is 9.64. The van der Waals surface area contributed by atoms with E-state index in [1.807, 2.05) is 0 Å². The highest BCUT2D eigenvalue weighted by Crippen LogP contribution is 2.29. The molecule has 2 nitrogen and oxygen atoms in total. The van der Waals surface area contributed by atoms with E-state index in [2.05, 4.69) is 10.3 Å². The van der Waals surface area contributed by atoms with E-state index >= 15 is 0 Å². The van der Waals surface area contributed by atoms with Crippen molar-refractivity contribution >= 4 is 5.82 Å². The van der Waals surface area contributed by atoms with Crippen molar-refractivity contribution in [2.24, 2.45) is 0 Å². The van der Waals surface area contributed by atoms with Crippen molar-refractivity contribution in [1.29, 1.82) is 0 Å². The van der Waals surface area contributed by atoms with Gasteiger partial charge in [0.2, 0.25) is 0 Å². The molecule has 0 bridgehead atoms. The zero-order valence-electron chi connectivity index (χ0n) is 9.64. The Bertz CT molecular complexity index is 395. The number of halogens is 3. The Hall–Kier alpha value is -1.26. The lowest BCUT2D eigenvalue weighted by Gasteiger charge is -2.15. The molecular weight excluding hydrogens is 229 g/mol. The molecule has 0 radical (unpaired) electrons. The average Bonchev–Trinajstić information content (AvgIpc) is 2.72. The van der Waals surface area contributed by atoms with Crippen LogP contribution in [-0.4, -0.2) is 11.0 Å². The van der Waals surface area contributed by atoms with Crippen molar-refractivity contribution in [3.8, 4) is 0 Å². The zero-order chi connectivity index (χ0) is 12.5. The number of nitrogens with one attached hydrogen (secondary N) is 1. The summed E-state index contributed by atoms with van der Waals surface area (Å²) in [6.45, 7) is 0.730. The molecule has 17 heavy (non-hydrogen) atoms. The number of anilines is 1. The van der Waals surface area contributed by atoms with Crippen LogP contribution in [0, 0.1) is 5.82 Å². The second-order valence-electron chi connectivity index (χ2n) is 4.57. The Morgan fingerprint density at radius 2 is 2.00 bits per heavy atom. The Balaban J connectivity index is 2.14. The summed E-state index contributed by atoms with van der Waals surface area (Å²) >= 11 is 0. The Morgan fingerprint density at radius 1 is 1.35 bits per heavy atom. The van der Waals surface area contributed by atoms with Gasteiger partial charge in [-0.3, -0.25) is 0 Å². The highest BCUT2D eigenvalue weighted by molar-refractivity contribution is 5.39. The van der Waals surface area contributed by atoms with Gasteiger partial charge in [0.25, 0.3) is 5.92 Å². The van der Waals surface area contributed by atoms with Gasteiger partial charge in [-0.2, -0.15) is 0 Å². The summed E-state index contributed by atoms with van der Waals surface area (Å²) in [7, 11) is 0. The standard InChI is InChI=1S/C12H15F3N2/c1-12(14,15)8-6-10(13)11(16-7-8)17-9-4-2-3-5-9/h6-7,9H,2-5H2,1H3,(H,16,17). The fraction of sp³-hybridized carbons (Fsp3) is 0.583. The normalized spacial score (nSPS) is 17.4. The van der Waals surface area contributed by atoms with E-state index in [1.165, 1.54) is 0 Å². The van der Waals surface area contributed by atoms with Gasteiger partial charge in [0.05, 0.1) is 0 Å². The first-order valence-electron chi connectivity index (χ1n) is 5.77. The molecule has 1 aliphatic carbocycles. The van der Waals surface area contributed by atoms with Gasteiger partial charge in [0.1, 0.15) is 0 Å². The molecule has 94 valence electrons. The van der Waals surface area contributed by atoms with Crippen LogP contribution >= 0.6 is 0 Å². The summed E-state index contributed by atoms with van der Waals surface area (Å²) in [4.78, 5) is 3.74. The van der Waals surface area contributed by atoms with Crippen LogP contribution in [0.25, 0.3) is 0 Å². The van der Waals surface area contributed by atoms with Crippen LogP contribution in [0.2, 0.25) is 0 Å². The molecule has 0 aliphatic heterocycles. The monoisotopic (exact) mass is 244 g/mol. The van der Waals surface area contributed by atoms with E-state index in [4.69, 9.17) is 0 Å². The van der Waals surface area contributed by atoms with Crippen LogP contribution < -0.4 is 5.32 Å². The highest BCUT2D eigenvalue weighted by atomic mass is 19.3. The molecule has 0 amide bonds. The predicted molar refractivity (Wildman–Crippen MR) is 59.6 cm³/mol. The van der Waals surface area contributed by atoms with Crippen LogP contribution in [0.1, 0.15) is 38.2 Å². The van der Waals surface area contributed by atoms with Crippen molar-refractivity contribution < 1.29 is 13.2 Å². The number of pyridine rings is 1. The molecule has 1 aromatic heterocycles. The summed E-state index contributed by atoms with van der Waals surface area (Å²) in [5, 5.41) is 2.96. The lowest BCUT2D eigenvalue weighted by atomic mass is 10.1. The molecule has 0 atom stereocenters. The van der Waals surface area contributed by atoms with Crippen molar-refractivity contribution in [2.45, 2.75) is 44.6 Å². The third-order valence-electron chi connectivity index (χ3n) is 3.04. The summed E-state index contributed by atoms with van der Waals surface area (Å²) in [5.74, 6) is -3.69. The molecule has 1 heterocycles. The largest absolute Gasteiger partial charge is 0.365 e. The van der Waals surface area contributed by atoms with Gasteiger partial charge in [-0.15, -0.1) is 0 Å². The Morgan fingerprint density at radius 3 is 2.53 bits per heavy atom. The number of rotatable bonds is 3. The molecule has 0 spiro atoms. The summed E-state index contributed by atoms with van der Waals surface area (Å²) < 4.78 is 39.5. The topological polar surface area (TPSA) is 24.9 Å². The smallest absolute Gasteiger partial charge is 0.272 e. The third-order valence-corrected chi connectivity index (χ3v) is 3.04. The summed E-state index contributed by atoms with van der Waals surface area (Å²) in [6.07, 6.45) is 5.22. The van der Waals surface area contributed by atoms with Gasteiger partial charge in [-0.25, -0.2) is 18.2 Å². The van der Waals surface area contributed by atoms with Gasteiger partial charge >= 0.3 is 0 Å². The SMILES string of the molecule is CC(F)(F)c1cnc(NC2CCCC2)c(F)c1. The third kappa shape index (κ3) is 2.90.